The maximum atomic E-state index is 7.70. The Morgan fingerprint density at radius 1 is 1.26 bits per heavy atom. The minimum atomic E-state index is -0.0126. The van der Waals surface area contributed by atoms with Crippen LogP contribution in [0.3, 0.4) is 0 Å². The highest BCUT2D eigenvalue weighted by atomic mass is 15.3. The van der Waals surface area contributed by atoms with Gasteiger partial charge in [-0.15, -0.1) is 0 Å². The first-order valence-electron chi connectivity index (χ1n) is 5.90. The van der Waals surface area contributed by atoms with Crippen LogP contribution in [0.5, 0.6) is 0 Å². The van der Waals surface area contributed by atoms with Crippen molar-refractivity contribution < 1.29 is 0 Å². The van der Waals surface area contributed by atoms with E-state index in [1.807, 2.05) is 37.4 Å². The molecular formula is C14H13N5. The summed E-state index contributed by atoms with van der Waals surface area (Å²) in [6.07, 6.45) is 5.31. The van der Waals surface area contributed by atoms with Crippen LogP contribution in [0.2, 0.25) is 0 Å². The molecule has 3 aromatic rings. The van der Waals surface area contributed by atoms with Crippen LogP contribution < -0.4 is 5.73 Å². The second kappa shape index (κ2) is 4.20. The SMILES string of the molecule is Cc1cnn(-c2c(C(=N)N)cnc3ccccc23)c1. The third-order valence-electron chi connectivity index (χ3n) is 2.98. The zero-order valence-corrected chi connectivity index (χ0v) is 10.5. The fourth-order valence-electron chi connectivity index (χ4n) is 2.11. The summed E-state index contributed by atoms with van der Waals surface area (Å²) in [5.41, 5.74) is 8.94. The smallest absolute Gasteiger partial charge is 0.126 e. The number of hydrogen-bond acceptors (Lipinski definition) is 3. The van der Waals surface area contributed by atoms with Gasteiger partial charge in [0.15, 0.2) is 0 Å². The Hall–Kier alpha value is -2.69. The number of aryl methyl sites for hydroxylation is 1. The molecule has 0 aliphatic rings. The van der Waals surface area contributed by atoms with Crippen molar-refractivity contribution in [3.8, 4) is 5.69 Å². The van der Waals surface area contributed by atoms with Crippen molar-refractivity contribution in [2.75, 3.05) is 0 Å². The number of nitrogens with two attached hydrogens (primary N) is 1. The van der Waals surface area contributed by atoms with Gasteiger partial charge < -0.3 is 5.73 Å². The van der Waals surface area contributed by atoms with Gasteiger partial charge in [0.05, 0.1) is 23.0 Å². The van der Waals surface area contributed by atoms with Gasteiger partial charge in [0, 0.05) is 17.8 Å². The van der Waals surface area contributed by atoms with E-state index in [0.29, 0.717) is 5.56 Å². The molecule has 0 saturated heterocycles. The first-order chi connectivity index (χ1) is 9.16. The molecule has 5 nitrogen and oxygen atoms in total. The topological polar surface area (TPSA) is 80.6 Å². The van der Waals surface area contributed by atoms with Crippen molar-refractivity contribution in [3.05, 3.63) is 54.0 Å². The van der Waals surface area contributed by atoms with Crippen molar-refractivity contribution in [2.24, 2.45) is 5.73 Å². The number of hydrogen-bond donors (Lipinski definition) is 2. The van der Waals surface area contributed by atoms with E-state index in [0.717, 1.165) is 22.2 Å². The highest BCUT2D eigenvalue weighted by molar-refractivity contribution is 6.04. The summed E-state index contributed by atoms with van der Waals surface area (Å²) in [5, 5.41) is 12.9. The molecule has 1 aromatic carbocycles. The molecule has 0 unspecified atom stereocenters. The molecule has 0 atom stereocenters. The standard InChI is InChI=1S/C14H13N5/c1-9-6-18-19(8-9)13-10-4-2-3-5-12(10)17-7-11(13)14(15)16/h2-8H,1H3,(H3,15,16). The zero-order chi connectivity index (χ0) is 13.4. The van der Waals surface area contributed by atoms with Gasteiger partial charge in [0.1, 0.15) is 5.84 Å². The number of para-hydroxylation sites is 1. The van der Waals surface area contributed by atoms with Crippen LogP contribution in [0.4, 0.5) is 0 Å². The molecule has 0 fully saturated rings. The number of pyridine rings is 1. The number of rotatable bonds is 2. The lowest BCUT2D eigenvalue weighted by Gasteiger charge is -2.11. The van der Waals surface area contributed by atoms with Crippen LogP contribution in [0.25, 0.3) is 16.6 Å². The fraction of sp³-hybridized carbons (Fsp3) is 0.0714. The van der Waals surface area contributed by atoms with E-state index in [2.05, 4.69) is 10.1 Å². The number of nitrogens with zero attached hydrogens (tertiary/aromatic N) is 3. The lowest BCUT2D eigenvalue weighted by atomic mass is 10.1. The predicted molar refractivity (Wildman–Crippen MR) is 74.6 cm³/mol. The molecule has 0 aliphatic heterocycles. The number of amidine groups is 1. The van der Waals surface area contributed by atoms with E-state index in [1.165, 1.54) is 0 Å². The second-order valence-electron chi connectivity index (χ2n) is 4.41. The molecule has 3 rings (SSSR count). The predicted octanol–water partition coefficient (Wildman–Crippen LogP) is 2.01. The van der Waals surface area contributed by atoms with Gasteiger partial charge in [-0.25, -0.2) is 4.68 Å². The molecular weight excluding hydrogens is 238 g/mol. The Morgan fingerprint density at radius 3 is 2.74 bits per heavy atom. The number of aromatic nitrogens is 3. The Morgan fingerprint density at radius 2 is 2.05 bits per heavy atom. The Balaban J connectivity index is 2.41. The maximum Gasteiger partial charge on any atom is 0.126 e. The summed E-state index contributed by atoms with van der Waals surface area (Å²) in [6, 6.07) is 7.76. The van der Waals surface area contributed by atoms with Gasteiger partial charge in [-0.3, -0.25) is 10.4 Å². The van der Waals surface area contributed by atoms with Crippen LogP contribution in [-0.4, -0.2) is 20.6 Å². The zero-order valence-electron chi connectivity index (χ0n) is 10.5. The average Bonchev–Trinajstić information content (AvgIpc) is 2.83. The minimum Gasteiger partial charge on any atom is -0.384 e. The van der Waals surface area contributed by atoms with Crippen LogP contribution in [-0.2, 0) is 0 Å². The summed E-state index contributed by atoms with van der Waals surface area (Å²) in [7, 11) is 0. The Bertz CT molecular complexity index is 772. The van der Waals surface area contributed by atoms with E-state index in [-0.39, 0.29) is 5.84 Å². The molecule has 0 radical (unpaired) electrons. The van der Waals surface area contributed by atoms with Crippen molar-refractivity contribution in [1.29, 1.82) is 5.41 Å². The van der Waals surface area contributed by atoms with Crippen molar-refractivity contribution in [1.82, 2.24) is 14.8 Å². The largest absolute Gasteiger partial charge is 0.384 e. The van der Waals surface area contributed by atoms with Crippen LogP contribution in [0, 0.1) is 12.3 Å². The first kappa shape index (κ1) is 11.4. The summed E-state index contributed by atoms with van der Waals surface area (Å²) in [4.78, 5) is 4.33. The number of fused-ring (bicyclic) bond motifs is 1. The normalized spacial score (nSPS) is 10.8. The quantitative estimate of drug-likeness (QED) is 0.540. The molecule has 0 amide bonds. The van der Waals surface area contributed by atoms with E-state index in [4.69, 9.17) is 11.1 Å². The van der Waals surface area contributed by atoms with E-state index >= 15 is 0 Å². The summed E-state index contributed by atoms with van der Waals surface area (Å²) in [6.45, 7) is 1.97. The Kier molecular flexibility index (Phi) is 2.52. The molecule has 19 heavy (non-hydrogen) atoms. The van der Waals surface area contributed by atoms with Crippen LogP contribution in [0.1, 0.15) is 11.1 Å². The van der Waals surface area contributed by atoms with Gasteiger partial charge >= 0.3 is 0 Å². The van der Waals surface area contributed by atoms with Crippen molar-refractivity contribution in [2.45, 2.75) is 6.92 Å². The van der Waals surface area contributed by atoms with Crippen molar-refractivity contribution >= 4 is 16.7 Å². The summed E-state index contributed by atoms with van der Waals surface area (Å²) < 4.78 is 1.75. The molecule has 0 spiro atoms. The second-order valence-corrected chi connectivity index (χ2v) is 4.41. The average molecular weight is 251 g/mol. The highest BCUT2D eigenvalue weighted by Gasteiger charge is 2.13. The summed E-state index contributed by atoms with van der Waals surface area (Å²) >= 11 is 0. The number of benzene rings is 1. The van der Waals surface area contributed by atoms with Crippen molar-refractivity contribution in [3.63, 3.8) is 0 Å². The molecule has 5 heteroatoms. The van der Waals surface area contributed by atoms with Gasteiger partial charge in [-0.05, 0) is 18.6 Å². The molecule has 94 valence electrons. The molecule has 2 aromatic heterocycles. The highest BCUT2D eigenvalue weighted by Crippen LogP contribution is 2.24. The molecule has 2 heterocycles. The van der Waals surface area contributed by atoms with Gasteiger partial charge in [-0.1, -0.05) is 18.2 Å². The lowest BCUT2D eigenvalue weighted by molar-refractivity contribution is 0.883. The molecule has 0 aliphatic carbocycles. The molecule has 3 N–H and O–H groups in total. The molecule has 0 bridgehead atoms. The van der Waals surface area contributed by atoms with Gasteiger partial charge in [-0.2, -0.15) is 5.10 Å². The van der Waals surface area contributed by atoms with E-state index in [1.54, 1.807) is 17.1 Å². The van der Waals surface area contributed by atoms with Gasteiger partial charge in [0.25, 0.3) is 0 Å². The third kappa shape index (κ3) is 1.85. The van der Waals surface area contributed by atoms with Crippen LogP contribution >= 0.6 is 0 Å². The maximum absolute atomic E-state index is 7.70. The third-order valence-corrected chi connectivity index (χ3v) is 2.98. The Labute approximate surface area is 110 Å². The minimum absolute atomic E-state index is 0.0126. The fourth-order valence-corrected chi connectivity index (χ4v) is 2.11. The lowest BCUT2D eigenvalue weighted by Crippen LogP contribution is -2.16. The summed E-state index contributed by atoms with van der Waals surface area (Å²) in [5.74, 6) is -0.0126. The van der Waals surface area contributed by atoms with Crippen LogP contribution in [0.15, 0.2) is 42.9 Å². The van der Waals surface area contributed by atoms with Gasteiger partial charge in [0.2, 0.25) is 0 Å². The monoisotopic (exact) mass is 251 g/mol. The molecule has 0 saturated carbocycles. The van der Waals surface area contributed by atoms with E-state index < -0.39 is 0 Å². The first-order valence-corrected chi connectivity index (χ1v) is 5.90. The number of nitrogens with one attached hydrogen (secondary N) is 1. The number of nitrogen functional groups attached to an aromatic ring is 1. The van der Waals surface area contributed by atoms with E-state index in [9.17, 15) is 0 Å².